The molecule has 0 aliphatic heterocycles. The fourth-order valence-electron chi connectivity index (χ4n) is 17.4. The van der Waals surface area contributed by atoms with Crippen molar-refractivity contribution in [1.29, 1.82) is 0 Å². The maximum absolute atomic E-state index is 6.81. The first kappa shape index (κ1) is 55.3. The molecular weight excluding hydrogens is 1160 g/mol. The third-order valence-electron chi connectivity index (χ3n) is 21.1. The molecule has 0 bridgehead atoms. The Hall–Kier alpha value is -12.3. The van der Waals surface area contributed by atoms with Crippen LogP contribution >= 0.6 is 0 Å². The molecule has 19 rings (SSSR count). The van der Waals surface area contributed by atoms with E-state index < -0.39 is 16.2 Å². The Morgan fingerprint density at radius 2 is 0.552 bits per heavy atom. The summed E-state index contributed by atoms with van der Waals surface area (Å²) in [5, 5.41) is 2.10. The van der Waals surface area contributed by atoms with E-state index in [1.165, 1.54) is 100 Å². The molecule has 1 heterocycles. The second-order valence-electron chi connectivity index (χ2n) is 25.7. The highest BCUT2D eigenvalue weighted by Gasteiger charge is 2.50. The average Bonchev–Trinajstić information content (AvgIpc) is 1.54. The lowest BCUT2D eigenvalue weighted by molar-refractivity contribution is 0.669. The summed E-state index contributed by atoms with van der Waals surface area (Å²) in [5.41, 5.74) is 28.0. The molecule has 1 aromatic heterocycles. The summed E-state index contributed by atoms with van der Waals surface area (Å²) in [6.07, 6.45) is 0. The first-order valence-electron chi connectivity index (χ1n) is 33.3. The van der Waals surface area contributed by atoms with Crippen LogP contribution in [-0.2, 0) is 16.2 Å². The van der Waals surface area contributed by atoms with Crippen molar-refractivity contribution in [2.45, 2.75) is 16.2 Å². The van der Waals surface area contributed by atoms with Gasteiger partial charge in [0.25, 0.3) is 0 Å². The van der Waals surface area contributed by atoms with Gasteiger partial charge in [-0.1, -0.05) is 309 Å². The van der Waals surface area contributed by atoms with Crippen molar-refractivity contribution in [3.05, 3.63) is 443 Å². The highest BCUT2D eigenvalue weighted by Crippen LogP contribution is 2.63. The van der Waals surface area contributed by atoms with Crippen molar-refractivity contribution in [1.82, 2.24) is 0 Å². The minimum atomic E-state index is -0.649. The SMILES string of the molecule is c1ccc(C2(c3cccc(N(c4cccc(N(c5ccc6c(c5)C(c5ccccc5)(c5ccccc5)c5ccccc5-6)c5cccc6c5-c5ccccc5C6(c5ccccc5)c5ccccc5)c4)c4cccc5oc6ccccc6c45)c3)c3ccccc3-c3ccccc32)cc1. The second-order valence-corrected chi connectivity index (χ2v) is 25.7. The molecule has 3 aliphatic rings. The number of benzene rings is 15. The number of nitrogens with zero attached hydrogens (tertiary/aromatic N) is 2. The van der Waals surface area contributed by atoms with Gasteiger partial charge in [-0.25, -0.2) is 0 Å². The van der Waals surface area contributed by atoms with Gasteiger partial charge in [0.15, 0.2) is 0 Å². The van der Waals surface area contributed by atoms with Gasteiger partial charge in [-0.15, -0.1) is 0 Å². The van der Waals surface area contributed by atoms with Crippen molar-refractivity contribution in [3.8, 4) is 33.4 Å². The Kier molecular flexibility index (Phi) is 12.6. The molecule has 15 aromatic carbocycles. The summed E-state index contributed by atoms with van der Waals surface area (Å²) < 4.78 is 6.81. The van der Waals surface area contributed by atoms with Gasteiger partial charge in [-0.3, -0.25) is 0 Å². The zero-order valence-electron chi connectivity index (χ0n) is 52.6. The molecule has 0 spiro atoms. The van der Waals surface area contributed by atoms with E-state index in [9.17, 15) is 0 Å². The summed E-state index contributed by atoms with van der Waals surface area (Å²) in [5.74, 6) is 0. The van der Waals surface area contributed by atoms with Gasteiger partial charge in [-0.2, -0.15) is 0 Å². The first-order chi connectivity index (χ1) is 47.6. The third-order valence-corrected chi connectivity index (χ3v) is 21.1. The molecule has 0 fully saturated rings. The Morgan fingerprint density at radius 3 is 1.09 bits per heavy atom. The summed E-state index contributed by atoms with van der Waals surface area (Å²) in [4.78, 5) is 5.05. The van der Waals surface area contributed by atoms with E-state index >= 15 is 0 Å². The van der Waals surface area contributed by atoms with Crippen LogP contribution in [0.15, 0.2) is 381 Å². The highest BCUT2D eigenvalue weighted by atomic mass is 16.3. The molecule has 0 unspecified atom stereocenters. The van der Waals surface area contributed by atoms with Crippen molar-refractivity contribution in [2.75, 3.05) is 9.80 Å². The molecular formula is C93H62N2O. The first-order valence-corrected chi connectivity index (χ1v) is 33.3. The van der Waals surface area contributed by atoms with Crippen LogP contribution in [0.1, 0.15) is 66.8 Å². The molecule has 16 aromatic rings. The molecule has 3 heteroatoms. The normalized spacial score (nSPS) is 13.9. The molecule has 0 amide bonds. The number of fused-ring (bicyclic) bond motifs is 12. The van der Waals surface area contributed by atoms with Crippen molar-refractivity contribution < 1.29 is 4.42 Å². The summed E-state index contributed by atoms with van der Waals surface area (Å²) in [7, 11) is 0. The van der Waals surface area contributed by atoms with Crippen molar-refractivity contribution in [3.63, 3.8) is 0 Å². The van der Waals surface area contributed by atoms with Crippen molar-refractivity contribution >= 4 is 56.1 Å². The maximum Gasteiger partial charge on any atom is 0.137 e. The minimum absolute atomic E-state index is 0.635. The highest BCUT2D eigenvalue weighted by molar-refractivity contribution is 6.13. The van der Waals surface area contributed by atoms with Crippen LogP contribution < -0.4 is 9.80 Å². The largest absolute Gasteiger partial charge is 0.456 e. The zero-order chi connectivity index (χ0) is 63.4. The molecule has 3 aliphatic carbocycles. The molecule has 96 heavy (non-hydrogen) atoms. The van der Waals surface area contributed by atoms with Gasteiger partial charge in [0, 0.05) is 33.7 Å². The van der Waals surface area contributed by atoms with Gasteiger partial charge in [0.05, 0.1) is 33.0 Å². The topological polar surface area (TPSA) is 19.6 Å². The number of hydrogen-bond donors (Lipinski definition) is 0. The van der Waals surface area contributed by atoms with Crippen LogP contribution in [0.25, 0.3) is 55.3 Å². The quantitative estimate of drug-likeness (QED) is 0.122. The number of rotatable bonds is 12. The second kappa shape index (κ2) is 21.9. The Morgan fingerprint density at radius 1 is 0.208 bits per heavy atom. The molecule has 3 nitrogen and oxygen atoms in total. The van der Waals surface area contributed by atoms with E-state index in [0.717, 1.165) is 56.1 Å². The maximum atomic E-state index is 6.81. The monoisotopic (exact) mass is 1220 g/mol. The van der Waals surface area contributed by atoms with Gasteiger partial charge in [0.1, 0.15) is 11.2 Å². The van der Waals surface area contributed by atoms with Crippen LogP contribution in [-0.4, -0.2) is 0 Å². The zero-order valence-corrected chi connectivity index (χ0v) is 52.6. The minimum Gasteiger partial charge on any atom is -0.456 e. The fourth-order valence-corrected chi connectivity index (χ4v) is 17.4. The molecule has 450 valence electrons. The average molecular weight is 1220 g/mol. The van der Waals surface area contributed by atoms with Crippen LogP contribution in [0, 0.1) is 0 Å². The Balaban J connectivity index is 0.898. The molecule has 0 N–H and O–H groups in total. The van der Waals surface area contributed by atoms with E-state index in [-0.39, 0.29) is 0 Å². The fraction of sp³-hybridized carbons (Fsp3) is 0.0323. The number of hydrogen-bond acceptors (Lipinski definition) is 3. The van der Waals surface area contributed by atoms with Crippen LogP contribution in [0.3, 0.4) is 0 Å². The van der Waals surface area contributed by atoms with Gasteiger partial charge < -0.3 is 14.2 Å². The standard InChI is InChI=1S/C93H62N2O/c1-6-30-63(31-7-1)91(64-32-8-2-9-33-64)82-52-24-19-47-77(82)89-83(91)53-28-54-85(89)95(72-58-59-76-75-46-18-21-49-79(75)92(84(76)62-72,65-34-10-3-11-35-65)66-36-12-4-13-37-66)71-43-27-42-70(61-71)94(86-55-29-57-88-90(86)78-48-20-25-56-87(78)96-88)69-41-26-40-68(60-69)93(67-38-14-5-15-39-67)80-50-22-16-44-73(80)74-45-17-23-51-81(74)93/h1-62H. The smallest absolute Gasteiger partial charge is 0.137 e. The Labute approximate surface area is 559 Å². The predicted molar refractivity (Wildman–Crippen MR) is 395 cm³/mol. The van der Waals surface area contributed by atoms with E-state index in [1.807, 2.05) is 0 Å². The molecule has 0 atom stereocenters. The summed E-state index contributed by atoms with van der Waals surface area (Å²) in [6, 6.07) is 140. The number of furan rings is 1. The summed E-state index contributed by atoms with van der Waals surface area (Å²) in [6.45, 7) is 0. The van der Waals surface area contributed by atoms with Gasteiger partial charge in [0.2, 0.25) is 0 Å². The summed E-state index contributed by atoms with van der Waals surface area (Å²) >= 11 is 0. The number of para-hydroxylation sites is 1. The van der Waals surface area contributed by atoms with Gasteiger partial charge >= 0.3 is 0 Å². The van der Waals surface area contributed by atoms with Crippen LogP contribution in [0.4, 0.5) is 34.1 Å². The van der Waals surface area contributed by atoms with Crippen LogP contribution in [0.5, 0.6) is 0 Å². The molecule has 0 saturated heterocycles. The number of anilines is 6. The Bertz CT molecular complexity index is 5550. The van der Waals surface area contributed by atoms with Crippen molar-refractivity contribution in [2.24, 2.45) is 0 Å². The third kappa shape index (κ3) is 7.89. The van der Waals surface area contributed by atoms with E-state index in [1.54, 1.807) is 0 Å². The lowest BCUT2D eigenvalue weighted by Gasteiger charge is -2.36. The van der Waals surface area contributed by atoms with Crippen LogP contribution in [0.2, 0.25) is 0 Å². The lowest BCUT2D eigenvalue weighted by Crippen LogP contribution is -2.29. The predicted octanol–water partition coefficient (Wildman–Crippen LogP) is 23.6. The van der Waals surface area contributed by atoms with Gasteiger partial charge in [-0.05, 0) is 161 Å². The van der Waals surface area contributed by atoms with E-state index in [2.05, 4.69) is 386 Å². The lowest BCUT2D eigenvalue weighted by atomic mass is 9.67. The van der Waals surface area contributed by atoms with E-state index in [4.69, 9.17) is 4.42 Å². The molecule has 0 radical (unpaired) electrons. The van der Waals surface area contributed by atoms with E-state index in [0.29, 0.717) is 0 Å². The molecule has 0 saturated carbocycles.